The third-order valence-corrected chi connectivity index (χ3v) is 5.56. The lowest BCUT2D eigenvalue weighted by atomic mass is 10.2. The Bertz CT molecular complexity index is 1060. The first-order valence-electron chi connectivity index (χ1n) is 14.2. The van der Waals surface area contributed by atoms with Crippen LogP contribution in [-0.4, -0.2) is 115 Å². The van der Waals surface area contributed by atoms with Crippen molar-refractivity contribution < 1.29 is 47.7 Å². The van der Waals surface area contributed by atoms with E-state index >= 15 is 0 Å². The molecule has 0 aliphatic carbocycles. The van der Waals surface area contributed by atoms with Crippen LogP contribution in [0.4, 0.5) is 22.7 Å². The van der Waals surface area contributed by atoms with E-state index < -0.39 is 9.85 Å². The van der Waals surface area contributed by atoms with Crippen molar-refractivity contribution in [1.29, 1.82) is 0 Å². The molecule has 0 saturated carbocycles. The summed E-state index contributed by atoms with van der Waals surface area (Å²) in [6.07, 6.45) is 0. The van der Waals surface area contributed by atoms with Crippen LogP contribution in [0.3, 0.4) is 0 Å². The van der Waals surface area contributed by atoms with Gasteiger partial charge in [0.15, 0.2) is 0 Å². The number of nitro benzene ring substituents is 2. The van der Waals surface area contributed by atoms with Crippen LogP contribution in [0, 0.1) is 20.2 Å². The smallest absolute Gasteiger partial charge is 0.299 e. The van der Waals surface area contributed by atoms with Crippen molar-refractivity contribution in [3.05, 3.63) is 62.7 Å². The van der Waals surface area contributed by atoms with Crippen molar-refractivity contribution in [2.24, 2.45) is 0 Å². The minimum Gasteiger partial charge on any atom is -0.491 e. The molecule has 2 aromatic carbocycles. The number of benzene rings is 2. The van der Waals surface area contributed by atoms with Crippen molar-refractivity contribution >= 4 is 22.7 Å². The zero-order valence-electron chi connectivity index (χ0n) is 24.7. The van der Waals surface area contributed by atoms with E-state index in [1.807, 2.05) is 12.1 Å². The molecule has 16 nitrogen and oxygen atoms in total. The fourth-order valence-electron chi connectivity index (χ4n) is 3.40. The van der Waals surface area contributed by atoms with Gasteiger partial charge < -0.3 is 48.9 Å². The van der Waals surface area contributed by atoms with E-state index in [1.165, 1.54) is 12.1 Å². The molecule has 0 aliphatic rings. The Hall–Kier alpha value is -3.64. The quantitative estimate of drug-likeness (QED) is 0.0605. The minimum atomic E-state index is -0.681. The van der Waals surface area contributed by atoms with Gasteiger partial charge in [-0.1, -0.05) is 0 Å². The van der Waals surface area contributed by atoms with Gasteiger partial charge in [0.25, 0.3) is 11.4 Å². The monoisotopic (exact) mass is 626 g/mol. The summed E-state index contributed by atoms with van der Waals surface area (Å²) in [6, 6.07) is 10.6. The van der Waals surface area contributed by atoms with E-state index in [4.69, 9.17) is 43.6 Å². The first kappa shape index (κ1) is 36.6. The van der Waals surface area contributed by atoms with Gasteiger partial charge >= 0.3 is 0 Å². The van der Waals surface area contributed by atoms with Crippen molar-refractivity contribution in [2.75, 3.05) is 117 Å². The van der Waals surface area contributed by atoms with Gasteiger partial charge in [-0.25, -0.2) is 0 Å². The fraction of sp³-hybridized carbons (Fsp3) is 0.571. The van der Waals surface area contributed by atoms with Crippen molar-refractivity contribution in [3.63, 3.8) is 0 Å². The molecule has 246 valence electrons. The number of non-ortho nitro benzene ring substituents is 1. The van der Waals surface area contributed by atoms with E-state index in [2.05, 4.69) is 5.32 Å². The van der Waals surface area contributed by atoms with Crippen LogP contribution in [-0.2, 0) is 33.2 Å². The molecule has 0 saturated heterocycles. The Morgan fingerprint density at radius 2 is 1.00 bits per heavy atom. The van der Waals surface area contributed by atoms with Crippen molar-refractivity contribution in [2.45, 2.75) is 0 Å². The second-order valence-electron chi connectivity index (χ2n) is 8.85. The molecule has 0 heterocycles. The molecule has 0 aromatic heterocycles. The standard InChI is InChI=1S/C28H42N4O12/c29-24-1-4-26(5-2-24)44-22-21-43-20-19-42-18-17-41-16-15-40-14-13-39-12-11-38-10-9-37-8-7-30-27-6-3-25(31(33)34)23-28(27)32(35)36/h1-6,23,30H,7-22,29H2. The lowest BCUT2D eigenvalue weighted by molar-refractivity contribution is -0.393. The first-order valence-corrected chi connectivity index (χ1v) is 14.2. The Kier molecular flexibility index (Phi) is 19.7. The number of rotatable bonds is 28. The molecule has 3 N–H and O–H groups in total. The first-order chi connectivity index (χ1) is 21.5. The zero-order valence-corrected chi connectivity index (χ0v) is 24.7. The maximum atomic E-state index is 11.1. The normalized spacial score (nSPS) is 11.0. The van der Waals surface area contributed by atoms with Crippen LogP contribution < -0.4 is 15.8 Å². The van der Waals surface area contributed by atoms with E-state index in [-0.39, 0.29) is 23.7 Å². The molecule has 0 spiro atoms. The van der Waals surface area contributed by atoms with Gasteiger partial charge in [0, 0.05) is 18.3 Å². The number of hydrogen-bond acceptors (Lipinski definition) is 14. The average molecular weight is 627 g/mol. The molecule has 0 atom stereocenters. The summed E-state index contributed by atoms with van der Waals surface area (Å²) >= 11 is 0. The molecule has 16 heteroatoms. The third kappa shape index (κ3) is 17.5. The predicted molar refractivity (Wildman–Crippen MR) is 160 cm³/mol. The Labute approximate surface area is 255 Å². The Morgan fingerprint density at radius 1 is 0.568 bits per heavy atom. The molecule has 0 amide bonds. The molecule has 2 aromatic rings. The number of hydrogen-bond donors (Lipinski definition) is 2. The number of ether oxygens (including phenoxy) is 8. The zero-order chi connectivity index (χ0) is 31.7. The van der Waals surface area contributed by atoms with Crippen molar-refractivity contribution in [3.8, 4) is 5.75 Å². The van der Waals surface area contributed by atoms with Gasteiger partial charge in [-0.05, 0) is 30.3 Å². The summed E-state index contributed by atoms with van der Waals surface area (Å²) in [5.41, 5.74) is 5.80. The van der Waals surface area contributed by atoms with Gasteiger partial charge in [-0.2, -0.15) is 0 Å². The molecule has 0 unspecified atom stereocenters. The molecule has 0 aliphatic heterocycles. The van der Waals surface area contributed by atoms with E-state index in [0.29, 0.717) is 105 Å². The summed E-state index contributed by atoms with van der Waals surface area (Å²) in [4.78, 5) is 20.6. The molecular weight excluding hydrogens is 584 g/mol. The summed E-state index contributed by atoms with van der Waals surface area (Å²) in [5.74, 6) is 0.754. The summed E-state index contributed by atoms with van der Waals surface area (Å²) in [5, 5.41) is 24.8. The van der Waals surface area contributed by atoms with Gasteiger partial charge in [-0.3, -0.25) is 20.2 Å². The highest BCUT2D eigenvalue weighted by atomic mass is 16.6. The molecule has 0 radical (unpaired) electrons. The van der Waals surface area contributed by atoms with Gasteiger partial charge in [-0.15, -0.1) is 0 Å². The highest BCUT2D eigenvalue weighted by Crippen LogP contribution is 2.28. The van der Waals surface area contributed by atoms with Gasteiger partial charge in [0.1, 0.15) is 18.0 Å². The van der Waals surface area contributed by atoms with Crippen molar-refractivity contribution in [1.82, 2.24) is 0 Å². The second-order valence-corrected chi connectivity index (χ2v) is 8.85. The SMILES string of the molecule is Nc1ccc(OCCOCCOCCOCCOCCOCCOCCOCCNc2ccc([N+](=O)[O-])cc2[N+](=O)[O-])cc1. The minimum absolute atomic E-state index is 0.186. The predicted octanol–water partition coefficient (Wildman–Crippen LogP) is 2.69. The van der Waals surface area contributed by atoms with Crippen LogP contribution >= 0.6 is 0 Å². The number of anilines is 2. The number of nitrogens with one attached hydrogen (secondary N) is 1. The lowest BCUT2D eigenvalue weighted by Crippen LogP contribution is -2.15. The summed E-state index contributed by atoms with van der Waals surface area (Å²) in [7, 11) is 0. The van der Waals surface area contributed by atoms with Gasteiger partial charge in [0.2, 0.25) is 0 Å². The largest absolute Gasteiger partial charge is 0.491 e. The highest BCUT2D eigenvalue weighted by Gasteiger charge is 2.19. The average Bonchev–Trinajstić information content (AvgIpc) is 3.01. The number of nitrogens with two attached hydrogens (primary N) is 1. The Morgan fingerprint density at radius 3 is 1.43 bits per heavy atom. The number of nitrogen functional groups attached to an aromatic ring is 1. The van der Waals surface area contributed by atoms with E-state index in [1.54, 1.807) is 12.1 Å². The maximum Gasteiger partial charge on any atom is 0.299 e. The van der Waals surface area contributed by atoms with Gasteiger partial charge in [0.05, 0.1) is 108 Å². The molecule has 0 fully saturated rings. The van der Waals surface area contributed by atoms with Crippen LogP contribution in [0.1, 0.15) is 0 Å². The molecule has 2 rings (SSSR count). The second kappa shape index (κ2) is 23.8. The van der Waals surface area contributed by atoms with E-state index in [9.17, 15) is 20.2 Å². The van der Waals surface area contributed by atoms with Crippen LogP contribution in [0.15, 0.2) is 42.5 Å². The highest BCUT2D eigenvalue weighted by molar-refractivity contribution is 5.65. The topological polar surface area (TPSA) is 198 Å². The fourth-order valence-corrected chi connectivity index (χ4v) is 3.40. The molecule has 0 bridgehead atoms. The summed E-state index contributed by atoms with van der Waals surface area (Å²) < 4.78 is 43.6. The maximum absolute atomic E-state index is 11.1. The summed E-state index contributed by atoms with van der Waals surface area (Å²) in [6.45, 7) is 6.75. The van der Waals surface area contributed by atoms with E-state index in [0.717, 1.165) is 11.8 Å². The number of nitro groups is 2. The molecular formula is C28H42N4O12. The number of nitrogens with zero attached hydrogens (tertiary/aromatic N) is 2. The van der Waals surface area contributed by atoms with Crippen LogP contribution in [0.2, 0.25) is 0 Å². The third-order valence-electron chi connectivity index (χ3n) is 5.56. The van der Waals surface area contributed by atoms with Crippen LogP contribution in [0.25, 0.3) is 0 Å². The van der Waals surface area contributed by atoms with Crippen LogP contribution in [0.5, 0.6) is 5.75 Å². The Balaban J connectivity index is 1.26. The lowest BCUT2D eigenvalue weighted by Gasteiger charge is -2.09. The molecule has 44 heavy (non-hydrogen) atoms.